The molecule has 1 unspecified atom stereocenters. The molecule has 0 aromatic heterocycles. The minimum absolute atomic E-state index is 0.0763. The Hall–Kier alpha value is -1.28. The van der Waals surface area contributed by atoms with Crippen molar-refractivity contribution in [1.82, 2.24) is 0 Å². The first-order valence-corrected chi connectivity index (χ1v) is 8.15. The van der Waals surface area contributed by atoms with Gasteiger partial charge in [-0.05, 0) is 18.1 Å². The smallest absolute Gasteiger partial charge is 0.387 e. The lowest BCUT2D eigenvalue weighted by molar-refractivity contribution is -0.0511. The van der Waals surface area contributed by atoms with E-state index in [0.717, 1.165) is 6.07 Å². The Balaban J connectivity index is 2.94. The minimum atomic E-state index is -3.63. The van der Waals surface area contributed by atoms with Crippen LogP contribution in [0.25, 0.3) is 0 Å². The molecular weight excluding hydrogens is 328 g/mol. The fourth-order valence-corrected chi connectivity index (χ4v) is 3.24. The number of hydrogen-bond acceptors (Lipinski definition) is 4. The molecule has 0 amide bonds. The van der Waals surface area contributed by atoms with Gasteiger partial charge in [-0.15, -0.1) is 11.6 Å². The summed E-state index contributed by atoms with van der Waals surface area (Å²) in [6.45, 7) is -1.35. The average Bonchev–Trinajstić information content (AvgIpc) is 2.37. The van der Waals surface area contributed by atoms with E-state index in [1.165, 1.54) is 19.2 Å². The molecule has 0 heterocycles. The first kappa shape index (κ1) is 17.8. The highest BCUT2D eigenvalue weighted by atomic mass is 35.5. The number of ether oxygens (including phenoxy) is 2. The van der Waals surface area contributed by atoms with Crippen molar-refractivity contribution < 1.29 is 26.7 Å². The number of halogens is 3. The lowest BCUT2D eigenvalue weighted by Gasteiger charge is -2.14. The van der Waals surface area contributed by atoms with Crippen molar-refractivity contribution in [2.45, 2.75) is 13.5 Å². The van der Waals surface area contributed by atoms with Gasteiger partial charge in [0.25, 0.3) is 0 Å². The van der Waals surface area contributed by atoms with Crippen LogP contribution >= 0.6 is 11.6 Å². The Labute approximate surface area is 127 Å². The molecule has 9 heteroatoms. The molecule has 1 atom stereocenters. The zero-order chi connectivity index (χ0) is 16.0. The van der Waals surface area contributed by atoms with Gasteiger partial charge in [0, 0.05) is 11.9 Å². The molecule has 0 aliphatic heterocycles. The van der Waals surface area contributed by atoms with E-state index in [9.17, 15) is 17.2 Å². The second-order valence-electron chi connectivity index (χ2n) is 4.39. The molecule has 0 aliphatic rings. The van der Waals surface area contributed by atoms with Crippen LogP contribution in [0.2, 0.25) is 0 Å². The van der Waals surface area contributed by atoms with E-state index in [1.807, 2.05) is 0 Å². The molecule has 0 radical (unpaired) electrons. The molecule has 1 N–H and O–H groups in total. The third-order valence-corrected chi connectivity index (χ3v) is 4.50. The van der Waals surface area contributed by atoms with E-state index >= 15 is 0 Å². The zero-order valence-electron chi connectivity index (χ0n) is 11.5. The van der Waals surface area contributed by atoms with Crippen molar-refractivity contribution >= 4 is 27.3 Å². The average molecular weight is 344 g/mol. The predicted molar refractivity (Wildman–Crippen MR) is 76.9 cm³/mol. The number of benzene rings is 1. The SMILES string of the molecule is COc1ccc(NS(=O)(=O)CC(C)CCl)cc1OC(F)F. The van der Waals surface area contributed by atoms with Crippen molar-refractivity contribution in [3.63, 3.8) is 0 Å². The Bertz CT molecular complexity index is 568. The monoisotopic (exact) mass is 343 g/mol. The molecule has 0 bridgehead atoms. The van der Waals surface area contributed by atoms with Crippen LogP contribution in [0.5, 0.6) is 11.5 Å². The summed E-state index contributed by atoms with van der Waals surface area (Å²) in [6.07, 6.45) is 0. The zero-order valence-corrected chi connectivity index (χ0v) is 13.0. The summed E-state index contributed by atoms with van der Waals surface area (Å²) in [5, 5.41) is 0. The predicted octanol–water partition coefficient (Wildman–Crippen LogP) is 2.91. The van der Waals surface area contributed by atoms with E-state index in [0.29, 0.717) is 0 Å². The van der Waals surface area contributed by atoms with Gasteiger partial charge in [-0.3, -0.25) is 4.72 Å². The summed E-state index contributed by atoms with van der Waals surface area (Å²) >= 11 is 5.57. The molecule has 0 fully saturated rings. The second kappa shape index (κ2) is 7.65. The van der Waals surface area contributed by atoms with Crippen LogP contribution in [0.1, 0.15) is 6.92 Å². The molecule has 1 rings (SSSR count). The lowest BCUT2D eigenvalue weighted by atomic mass is 10.3. The molecule has 0 saturated carbocycles. The molecule has 21 heavy (non-hydrogen) atoms. The van der Waals surface area contributed by atoms with Gasteiger partial charge in [-0.1, -0.05) is 6.92 Å². The normalized spacial score (nSPS) is 13.0. The maximum atomic E-state index is 12.3. The van der Waals surface area contributed by atoms with Crippen LogP contribution < -0.4 is 14.2 Å². The number of methoxy groups -OCH3 is 1. The molecule has 5 nitrogen and oxygen atoms in total. The first-order valence-electron chi connectivity index (χ1n) is 5.96. The Morgan fingerprint density at radius 3 is 2.52 bits per heavy atom. The summed E-state index contributed by atoms with van der Waals surface area (Å²) in [5.74, 6) is -0.388. The highest BCUT2D eigenvalue weighted by Crippen LogP contribution is 2.31. The van der Waals surface area contributed by atoms with E-state index in [1.54, 1.807) is 6.92 Å². The Morgan fingerprint density at radius 2 is 2.00 bits per heavy atom. The highest BCUT2D eigenvalue weighted by molar-refractivity contribution is 7.92. The summed E-state index contributed by atoms with van der Waals surface area (Å²) in [7, 11) is -2.34. The minimum Gasteiger partial charge on any atom is -0.493 e. The van der Waals surface area contributed by atoms with Gasteiger partial charge in [0.15, 0.2) is 11.5 Å². The maximum Gasteiger partial charge on any atom is 0.387 e. The molecule has 0 aliphatic carbocycles. The first-order chi connectivity index (χ1) is 9.77. The van der Waals surface area contributed by atoms with Crippen LogP contribution in [0.3, 0.4) is 0 Å². The molecule has 0 saturated heterocycles. The van der Waals surface area contributed by atoms with E-state index in [4.69, 9.17) is 16.3 Å². The van der Waals surface area contributed by atoms with E-state index in [2.05, 4.69) is 9.46 Å². The van der Waals surface area contributed by atoms with Crippen molar-refractivity contribution in [1.29, 1.82) is 0 Å². The van der Waals surface area contributed by atoms with Crippen molar-refractivity contribution in [3.05, 3.63) is 18.2 Å². The van der Waals surface area contributed by atoms with Crippen LogP contribution in [-0.4, -0.2) is 33.8 Å². The van der Waals surface area contributed by atoms with Crippen molar-refractivity contribution in [2.75, 3.05) is 23.5 Å². The van der Waals surface area contributed by atoms with E-state index in [-0.39, 0.29) is 34.7 Å². The maximum absolute atomic E-state index is 12.3. The Kier molecular flexibility index (Phi) is 6.47. The molecule has 1 aromatic carbocycles. The number of alkyl halides is 3. The van der Waals surface area contributed by atoms with Crippen molar-refractivity contribution in [3.8, 4) is 11.5 Å². The number of hydrogen-bond donors (Lipinski definition) is 1. The Morgan fingerprint density at radius 1 is 1.33 bits per heavy atom. The van der Waals surface area contributed by atoms with Gasteiger partial charge in [0.1, 0.15) is 0 Å². The molecule has 120 valence electrons. The molecular formula is C12H16ClF2NO4S. The third-order valence-electron chi connectivity index (χ3n) is 2.42. The summed E-state index contributed by atoms with van der Waals surface area (Å²) < 4.78 is 59.7. The van der Waals surface area contributed by atoms with Gasteiger partial charge in [-0.2, -0.15) is 8.78 Å². The number of sulfonamides is 1. The van der Waals surface area contributed by atoms with Crippen LogP contribution in [0, 0.1) is 5.92 Å². The number of anilines is 1. The summed E-state index contributed by atoms with van der Waals surface area (Å²) in [6, 6.07) is 3.86. The fourth-order valence-electron chi connectivity index (χ4n) is 1.57. The van der Waals surface area contributed by atoms with Gasteiger partial charge in [0.05, 0.1) is 18.6 Å². The number of rotatable bonds is 8. The van der Waals surface area contributed by atoms with Gasteiger partial charge in [0.2, 0.25) is 10.0 Å². The van der Waals surface area contributed by atoms with Gasteiger partial charge in [-0.25, -0.2) is 8.42 Å². The standard InChI is InChI=1S/C12H16ClF2NO4S/c1-8(6-13)7-21(17,18)16-9-3-4-10(19-2)11(5-9)20-12(14)15/h3-5,8,12,16H,6-7H2,1-2H3. The third kappa shape index (κ3) is 5.92. The lowest BCUT2D eigenvalue weighted by Crippen LogP contribution is -2.22. The van der Waals surface area contributed by atoms with Crippen LogP contribution in [-0.2, 0) is 10.0 Å². The van der Waals surface area contributed by atoms with Gasteiger partial charge < -0.3 is 9.47 Å². The quantitative estimate of drug-likeness (QED) is 0.737. The largest absolute Gasteiger partial charge is 0.493 e. The fraction of sp³-hybridized carbons (Fsp3) is 0.500. The molecule has 0 spiro atoms. The second-order valence-corrected chi connectivity index (χ2v) is 6.46. The summed E-state index contributed by atoms with van der Waals surface area (Å²) in [5.41, 5.74) is 0.105. The van der Waals surface area contributed by atoms with Crippen LogP contribution in [0.15, 0.2) is 18.2 Å². The van der Waals surface area contributed by atoms with Crippen LogP contribution in [0.4, 0.5) is 14.5 Å². The molecule has 1 aromatic rings. The summed E-state index contributed by atoms with van der Waals surface area (Å²) in [4.78, 5) is 0. The topological polar surface area (TPSA) is 64.6 Å². The van der Waals surface area contributed by atoms with Gasteiger partial charge >= 0.3 is 6.61 Å². The highest BCUT2D eigenvalue weighted by Gasteiger charge is 2.17. The van der Waals surface area contributed by atoms with Crippen molar-refractivity contribution in [2.24, 2.45) is 5.92 Å². The number of nitrogens with one attached hydrogen (secondary N) is 1. The van der Waals surface area contributed by atoms with E-state index < -0.39 is 16.6 Å².